The first-order chi connectivity index (χ1) is 6.43. The van der Waals surface area contributed by atoms with Gasteiger partial charge in [-0.3, -0.25) is 0 Å². The minimum absolute atomic E-state index is 0. The van der Waals surface area contributed by atoms with Crippen molar-refractivity contribution in [2.75, 3.05) is 0 Å². The van der Waals surface area contributed by atoms with Gasteiger partial charge in [0.05, 0.1) is 0 Å². The predicted octanol–water partition coefficient (Wildman–Crippen LogP) is 2.75. The Balaban J connectivity index is 0.00000112. The zero-order valence-corrected chi connectivity index (χ0v) is 12.9. The van der Waals surface area contributed by atoms with E-state index in [4.69, 9.17) is 0 Å². The Kier molecular flexibility index (Phi) is 3.94. The number of fused-ring (bicyclic) bond motifs is 1. The van der Waals surface area contributed by atoms with Gasteiger partial charge in [-0.2, -0.15) is 0 Å². The summed E-state index contributed by atoms with van der Waals surface area (Å²) >= 11 is 0. The molecule has 0 bridgehead atoms. The number of hydrogen-bond acceptors (Lipinski definition) is 1. The zero-order chi connectivity index (χ0) is 10.5. The molecule has 15 heavy (non-hydrogen) atoms. The van der Waals surface area contributed by atoms with Crippen LogP contribution >= 0.6 is 0 Å². The molecule has 0 aromatic carbocycles. The van der Waals surface area contributed by atoms with Crippen LogP contribution in [0.1, 0.15) is 20.8 Å². The van der Waals surface area contributed by atoms with E-state index in [1.807, 2.05) is 0 Å². The second kappa shape index (κ2) is 4.37. The molecule has 1 heterocycles. The van der Waals surface area contributed by atoms with Gasteiger partial charge in [0.2, 0.25) is 0 Å². The van der Waals surface area contributed by atoms with Crippen LogP contribution in [-0.4, -0.2) is 24.0 Å². The number of rotatable bonds is 0. The molecule has 1 nitrogen and oxygen atoms in total. The molecule has 4 heteroatoms. The quantitative estimate of drug-likeness (QED) is 0.616. The van der Waals surface area contributed by atoms with Gasteiger partial charge in [-0.25, -0.2) is 12.3 Å². The predicted molar refractivity (Wildman–Crippen MR) is 65.8 cm³/mol. The second-order valence-electron chi connectivity index (χ2n) is 5.57. The molecule has 79 valence electrons. The van der Waals surface area contributed by atoms with Crippen molar-refractivity contribution in [1.29, 1.82) is 0 Å². The molecule has 1 fully saturated rings. The topological polar surface area (TPSA) is 3.24 Å². The maximum Gasteiger partial charge on any atom is 0.186 e. The van der Waals surface area contributed by atoms with Crippen LogP contribution in [0, 0.1) is 0 Å². The molecule has 1 aliphatic heterocycles. The summed E-state index contributed by atoms with van der Waals surface area (Å²) in [5.74, 6) is 0.671. The van der Waals surface area contributed by atoms with Crippen LogP contribution in [-0.2, 0) is 26.2 Å². The molecule has 2 aliphatic rings. The van der Waals surface area contributed by atoms with E-state index in [9.17, 15) is 0 Å². The van der Waals surface area contributed by atoms with Crippen molar-refractivity contribution in [2.24, 2.45) is 0 Å². The van der Waals surface area contributed by atoms with Gasteiger partial charge in [0, 0.05) is 26.2 Å². The van der Waals surface area contributed by atoms with Gasteiger partial charge in [0.25, 0.3) is 0 Å². The van der Waals surface area contributed by atoms with Gasteiger partial charge in [0.1, 0.15) is 0 Å². The Labute approximate surface area is 114 Å². The average Bonchev–Trinajstić information content (AvgIpc) is 2.54. The average molecular weight is 278 g/mol. The Bertz CT molecular complexity index is 306. The number of allylic oxidation sites excluding steroid dienone is 4. The molecular weight excluding hydrogens is 259 g/mol. The third-order valence-electron chi connectivity index (χ3n) is 3.62. The van der Waals surface area contributed by atoms with Crippen molar-refractivity contribution in [3.63, 3.8) is 0 Å². The number of hydrogen-bond donors (Lipinski definition) is 0. The Hall–Kier alpha value is 0.453. The minimum atomic E-state index is 0. The molecule has 0 saturated carbocycles. The molecule has 1 unspecified atom stereocenters. The molecule has 0 aromatic heterocycles. The molecule has 1 radical (unpaired) electrons. The summed E-state index contributed by atoms with van der Waals surface area (Å²) in [5, 5.41) is 0. The maximum absolute atomic E-state index is 2.63. The minimum Gasteiger partial charge on any atom is -0.535 e. The molecule has 2 rings (SSSR count). The monoisotopic (exact) mass is 277 g/mol. The molecule has 1 atom stereocenters. The van der Waals surface area contributed by atoms with Gasteiger partial charge >= 0.3 is 0 Å². The van der Waals surface area contributed by atoms with E-state index >= 15 is 0 Å². The first kappa shape index (κ1) is 13.5. The van der Waals surface area contributed by atoms with Crippen LogP contribution in [0.2, 0.25) is 19.5 Å². The Morgan fingerprint density at radius 1 is 1.40 bits per heavy atom. The molecular formula is C11H19B2NZr-. The van der Waals surface area contributed by atoms with Gasteiger partial charge in [-0.05, 0) is 11.4 Å². The largest absolute Gasteiger partial charge is 0.535 e. The molecule has 1 aliphatic carbocycles. The third kappa shape index (κ3) is 2.13. The smallest absolute Gasteiger partial charge is 0.186 e. The summed E-state index contributed by atoms with van der Waals surface area (Å²) in [6.07, 6.45) is 6.87. The van der Waals surface area contributed by atoms with Crippen LogP contribution in [0.3, 0.4) is 0 Å². The van der Waals surface area contributed by atoms with Crippen molar-refractivity contribution < 1.29 is 26.2 Å². The van der Waals surface area contributed by atoms with E-state index in [-0.39, 0.29) is 31.7 Å². The van der Waals surface area contributed by atoms with E-state index in [1.54, 1.807) is 5.47 Å². The van der Waals surface area contributed by atoms with Crippen LogP contribution in [0.15, 0.2) is 23.7 Å². The summed E-state index contributed by atoms with van der Waals surface area (Å²) in [6, 6.07) is 0. The second-order valence-corrected chi connectivity index (χ2v) is 5.57. The van der Waals surface area contributed by atoms with Crippen LogP contribution in [0.5, 0.6) is 0 Å². The first-order valence-corrected chi connectivity index (χ1v) is 5.59. The summed E-state index contributed by atoms with van der Waals surface area (Å²) in [7, 11) is 0. The summed E-state index contributed by atoms with van der Waals surface area (Å²) in [5.41, 5.74) is 1.88. The molecule has 0 aromatic rings. The fraction of sp³-hybridized carbons (Fsp3) is 0.636. The summed E-state index contributed by atoms with van der Waals surface area (Å²) in [4.78, 5) is 0. The van der Waals surface area contributed by atoms with Crippen molar-refractivity contribution >= 4 is 13.7 Å². The Morgan fingerprint density at radius 2 is 2.00 bits per heavy atom. The fourth-order valence-electron chi connectivity index (χ4n) is 3.24. The molecule has 1 saturated heterocycles. The zero-order valence-electron chi connectivity index (χ0n) is 10.4. The maximum atomic E-state index is 2.63. The van der Waals surface area contributed by atoms with E-state index in [2.05, 4.69) is 57.4 Å². The van der Waals surface area contributed by atoms with Crippen molar-refractivity contribution in [1.82, 2.24) is 4.72 Å². The van der Waals surface area contributed by atoms with Gasteiger partial charge < -0.3 is 4.72 Å². The van der Waals surface area contributed by atoms with Crippen molar-refractivity contribution in [3.8, 4) is 0 Å². The normalized spacial score (nSPS) is 26.6. The fourth-order valence-corrected chi connectivity index (χ4v) is 3.24. The van der Waals surface area contributed by atoms with Crippen LogP contribution in [0.4, 0.5) is 0 Å². The van der Waals surface area contributed by atoms with Gasteiger partial charge in [-0.15, -0.1) is 6.08 Å². The van der Waals surface area contributed by atoms with Gasteiger partial charge in [0.15, 0.2) is 6.85 Å². The van der Waals surface area contributed by atoms with Gasteiger partial charge in [-0.1, -0.05) is 46.6 Å². The molecule has 0 N–H and O–H groups in total. The third-order valence-corrected chi connectivity index (χ3v) is 3.62. The van der Waals surface area contributed by atoms with E-state index in [0.29, 0.717) is 19.5 Å². The van der Waals surface area contributed by atoms with E-state index in [1.165, 1.54) is 0 Å². The van der Waals surface area contributed by atoms with Crippen molar-refractivity contribution in [3.05, 3.63) is 23.7 Å². The summed E-state index contributed by atoms with van der Waals surface area (Å²) in [6.45, 7) is 12.9. The van der Waals surface area contributed by atoms with E-state index in [0.717, 1.165) is 0 Å². The SMILES string of the molecule is CB1C2C=CC=C2[B-](C)N1C(C)(C)C.[Zr]. The van der Waals surface area contributed by atoms with Crippen LogP contribution < -0.4 is 0 Å². The molecule has 0 amide bonds. The van der Waals surface area contributed by atoms with Crippen molar-refractivity contribution in [2.45, 2.75) is 45.8 Å². The number of nitrogens with zero attached hydrogens (tertiary/aromatic N) is 1. The Morgan fingerprint density at radius 3 is 2.47 bits per heavy atom. The molecule has 0 spiro atoms. The van der Waals surface area contributed by atoms with Crippen LogP contribution in [0.25, 0.3) is 0 Å². The standard InChI is InChI=1S/C11H19B2N.Zr/c1-11(2,3)14-12(4)9-7-6-8-10(9)13(14)5;/h6-9H,1-5H3;/q-1;. The summed E-state index contributed by atoms with van der Waals surface area (Å²) < 4.78 is 2.63. The van der Waals surface area contributed by atoms with E-state index < -0.39 is 0 Å². The first-order valence-electron chi connectivity index (χ1n) is 5.59.